The van der Waals surface area contributed by atoms with Gasteiger partial charge in [0.25, 0.3) is 0 Å². The van der Waals surface area contributed by atoms with Gasteiger partial charge in [-0.15, -0.1) is 0 Å². The van der Waals surface area contributed by atoms with Gasteiger partial charge in [-0.1, -0.05) is 36.7 Å². The van der Waals surface area contributed by atoms with Gasteiger partial charge in [0.2, 0.25) is 0 Å². The lowest BCUT2D eigenvalue weighted by atomic mass is 9.88. The molecule has 1 fully saturated rings. The van der Waals surface area contributed by atoms with Crippen LogP contribution in [0.25, 0.3) is 0 Å². The number of piperazine rings is 1. The van der Waals surface area contributed by atoms with Crippen LogP contribution in [0.4, 0.5) is 5.69 Å². The van der Waals surface area contributed by atoms with Crippen molar-refractivity contribution in [3.63, 3.8) is 0 Å². The molecule has 1 aromatic rings. The highest BCUT2D eigenvalue weighted by atomic mass is 79.9. The van der Waals surface area contributed by atoms with Crippen molar-refractivity contribution in [3.8, 4) is 0 Å². The maximum atomic E-state index is 3.78. The Balaban J connectivity index is 2.34. The van der Waals surface area contributed by atoms with E-state index in [9.17, 15) is 0 Å². The lowest BCUT2D eigenvalue weighted by Crippen LogP contribution is -2.63. The number of anilines is 1. The van der Waals surface area contributed by atoms with Crippen molar-refractivity contribution in [2.75, 3.05) is 18.0 Å². The fraction of sp³-hybridized carbons (Fsp3) is 0.647. The Hall–Kier alpha value is -0.540. The molecule has 2 rings (SSSR count). The Morgan fingerprint density at radius 2 is 2.00 bits per heavy atom. The van der Waals surface area contributed by atoms with E-state index in [0.29, 0.717) is 6.04 Å². The van der Waals surface area contributed by atoms with Crippen LogP contribution in [0.3, 0.4) is 0 Å². The van der Waals surface area contributed by atoms with E-state index in [-0.39, 0.29) is 5.54 Å². The first-order valence-corrected chi connectivity index (χ1v) is 8.64. The molecule has 0 bridgehead atoms. The summed E-state index contributed by atoms with van der Waals surface area (Å²) in [5, 5.41) is 3.78. The highest BCUT2D eigenvalue weighted by Gasteiger charge is 2.35. The third kappa shape index (κ3) is 3.04. The van der Waals surface area contributed by atoms with Crippen molar-refractivity contribution in [3.05, 3.63) is 28.2 Å². The van der Waals surface area contributed by atoms with Gasteiger partial charge in [-0.3, -0.25) is 0 Å². The monoisotopic (exact) mass is 338 g/mol. The largest absolute Gasteiger partial charge is 0.365 e. The molecule has 112 valence electrons. The van der Waals surface area contributed by atoms with Gasteiger partial charge in [0, 0.05) is 34.8 Å². The average molecular weight is 339 g/mol. The fourth-order valence-corrected chi connectivity index (χ4v) is 3.58. The number of aryl methyl sites for hydroxylation is 1. The Morgan fingerprint density at radius 3 is 2.60 bits per heavy atom. The minimum atomic E-state index is 0.268. The minimum absolute atomic E-state index is 0.268. The van der Waals surface area contributed by atoms with Gasteiger partial charge in [0.1, 0.15) is 0 Å². The summed E-state index contributed by atoms with van der Waals surface area (Å²) < 4.78 is 1.18. The number of nitrogens with zero attached hydrogens (tertiary/aromatic N) is 1. The maximum Gasteiger partial charge on any atom is 0.0402 e. The molecular formula is C17H27BrN2. The molecule has 0 saturated carbocycles. The highest BCUT2D eigenvalue weighted by molar-refractivity contribution is 9.10. The smallest absolute Gasteiger partial charge is 0.0402 e. The number of benzene rings is 1. The Bertz CT molecular complexity index is 454. The van der Waals surface area contributed by atoms with Crippen LogP contribution >= 0.6 is 15.9 Å². The molecule has 0 amide bonds. The van der Waals surface area contributed by atoms with Gasteiger partial charge in [0.05, 0.1) is 0 Å². The topological polar surface area (TPSA) is 15.3 Å². The van der Waals surface area contributed by atoms with Gasteiger partial charge in [-0.05, 0) is 49.9 Å². The van der Waals surface area contributed by atoms with E-state index in [0.717, 1.165) is 19.5 Å². The van der Waals surface area contributed by atoms with Gasteiger partial charge >= 0.3 is 0 Å². The van der Waals surface area contributed by atoms with Crippen LogP contribution in [0.1, 0.15) is 46.1 Å². The summed E-state index contributed by atoms with van der Waals surface area (Å²) in [6, 6.07) is 7.26. The first kappa shape index (κ1) is 15.8. The molecule has 1 heterocycles. The van der Waals surface area contributed by atoms with Crippen LogP contribution in [0.5, 0.6) is 0 Å². The number of halogens is 1. The van der Waals surface area contributed by atoms with E-state index in [2.05, 4.69) is 72.0 Å². The summed E-state index contributed by atoms with van der Waals surface area (Å²) in [6.07, 6.45) is 3.45. The molecule has 0 spiro atoms. The zero-order valence-electron chi connectivity index (χ0n) is 13.2. The van der Waals surface area contributed by atoms with Crippen molar-refractivity contribution in [1.82, 2.24) is 5.32 Å². The molecule has 1 N–H and O–H groups in total. The fourth-order valence-electron chi connectivity index (χ4n) is 3.18. The lowest BCUT2D eigenvalue weighted by molar-refractivity contribution is 0.253. The summed E-state index contributed by atoms with van der Waals surface area (Å²) in [5.74, 6) is 0. The molecule has 1 unspecified atom stereocenters. The molecular weight excluding hydrogens is 312 g/mol. The van der Waals surface area contributed by atoms with Crippen molar-refractivity contribution in [1.29, 1.82) is 0 Å². The first-order chi connectivity index (χ1) is 9.55. The normalized spacial score (nSPS) is 22.1. The molecule has 1 atom stereocenters. The zero-order chi connectivity index (χ0) is 14.8. The van der Waals surface area contributed by atoms with E-state index >= 15 is 0 Å². The number of hydrogen-bond donors (Lipinski definition) is 1. The Morgan fingerprint density at radius 1 is 1.30 bits per heavy atom. The van der Waals surface area contributed by atoms with Crippen LogP contribution < -0.4 is 10.2 Å². The summed E-state index contributed by atoms with van der Waals surface area (Å²) in [5.41, 5.74) is 3.12. The molecule has 0 aliphatic carbocycles. The van der Waals surface area contributed by atoms with Crippen molar-refractivity contribution in [2.24, 2.45) is 0 Å². The molecule has 1 aliphatic rings. The second-order valence-electron chi connectivity index (χ2n) is 5.97. The molecule has 3 heteroatoms. The van der Waals surface area contributed by atoms with E-state index in [1.165, 1.54) is 28.6 Å². The molecule has 1 aliphatic heterocycles. The molecule has 2 nitrogen and oxygen atoms in total. The summed E-state index contributed by atoms with van der Waals surface area (Å²) >= 11 is 3.60. The predicted octanol–water partition coefficient (Wildman–Crippen LogP) is 4.37. The van der Waals surface area contributed by atoms with E-state index in [4.69, 9.17) is 0 Å². The molecule has 0 radical (unpaired) electrons. The minimum Gasteiger partial charge on any atom is -0.365 e. The van der Waals surface area contributed by atoms with Gasteiger partial charge in [-0.25, -0.2) is 0 Å². The van der Waals surface area contributed by atoms with E-state index in [1.54, 1.807) is 0 Å². The predicted molar refractivity (Wildman–Crippen MR) is 91.6 cm³/mol. The third-order valence-electron chi connectivity index (χ3n) is 4.86. The second kappa shape index (κ2) is 6.48. The van der Waals surface area contributed by atoms with Gasteiger partial charge in [0.15, 0.2) is 0 Å². The second-order valence-corrected chi connectivity index (χ2v) is 6.89. The zero-order valence-corrected chi connectivity index (χ0v) is 14.8. The standard InChI is InChI=1S/C17H27BrN2/c1-5-14-10-15(18)8-9-16(14)20-12-17(6-2,7-3)19-11-13(20)4/h8-10,13,19H,5-7,11-12H2,1-4H3. The lowest BCUT2D eigenvalue weighted by Gasteiger charge is -2.48. The maximum absolute atomic E-state index is 3.78. The van der Waals surface area contributed by atoms with Crippen LogP contribution in [0, 0.1) is 0 Å². The molecule has 20 heavy (non-hydrogen) atoms. The van der Waals surface area contributed by atoms with E-state index < -0.39 is 0 Å². The summed E-state index contributed by atoms with van der Waals surface area (Å²) in [6.45, 7) is 11.3. The average Bonchev–Trinajstić information content (AvgIpc) is 2.48. The molecule has 0 aromatic heterocycles. The van der Waals surface area contributed by atoms with Crippen molar-refractivity contribution < 1.29 is 0 Å². The quantitative estimate of drug-likeness (QED) is 0.876. The number of nitrogens with one attached hydrogen (secondary N) is 1. The third-order valence-corrected chi connectivity index (χ3v) is 5.36. The number of hydrogen-bond acceptors (Lipinski definition) is 2. The Labute approximate surface area is 132 Å². The SMILES string of the molecule is CCc1cc(Br)ccc1N1CC(CC)(CC)NCC1C. The van der Waals surface area contributed by atoms with Crippen molar-refractivity contribution in [2.45, 2.75) is 58.5 Å². The van der Waals surface area contributed by atoms with Gasteiger partial charge in [-0.2, -0.15) is 0 Å². The highest BCUT2D eigenvalue weighted by Crippen LogP contribution is 2.31. The first-order valence-electron chi connectivity index (χ1n) is 7.85. The van der Waals surface area contributed by atoms with Crippen LogP contribution in [-0.2, 0) is 6.42 Å². The number of rotatable bonds is 4. The van der Waals surface area contributed by atoms with Crippen molar-refractivity contribution >= 4 is 21.6 Å². The molecule has 1 aromatic carbocycles. The summed E-state index contributed by atoms with van der Waals surface area (Å²) in [4.78, 5) is 2.61. The van der Waals surface area contributed by atoms with Crippen LogP contribution in [-0.4, -0.2) is 24.7 Å². The van der Waals surface area contributed by atoms with E-state index in [1.807, 2.05) is 0 Å². The Kier molecular flexibility index (Phi) is 5.14. The van der Waals surface area contributed by atoms with Crippen LogP contribution in [0.2, 0.25) is 0 Å². The summed E-state index contributed by atoms with van der Waals surface area (Å²) in [7, 11) is 0. The molecule has 1 saturated heterocycles. The van der Waals surface area contributed by atoms with Crippen LogP contribution in [0.15, 0.2) is 22.7 Å². The van der Waals surface area contributed by atoms with Gasteiger partial charge < -0.3 is 10.2 Å².